The minimum atomic E-state index is -3.10. The first-order valence-electron chi connectivity index (χ1n) is 5.84. The van der Waals surface area contributed by atoms with E-state index in [9.17, 15) is 8.42 Å². The van der Waals surface area contributed by atoms with Crippen LogP contribution in [0.2, 0.25) is 0 Å². The van der Waals surface area contributed by atoms with Gasteiger partial charge in [-0.1, -0.05) is 6.07 Å². The quantitative estimate of drug-likeness (QED) is 0.892. The Labute approximate surface area is 106 Å². The lowest BCUT2D eigenvalue weighted by atomic mass is 10.1. The summed E-state index contributed by atoms with van der Waals surface area (Å²) in [6.07, 6.45) is 2.17. The molecule has 1 fully saturated rings. The Morgan fingerprint density at radius 3 is 2.71 bits per heavy atom. The van der Waals surface area contributed by atoms with Crippen molar-refractivity contribution in [3.05, 3.63) is 22.4 Å². The van der Waals surface area contributed by atoms with E-state index in [0.717, 1.165) is 17.7 Å². The highest BCUT2D eigenvalue weighted by molar-refractivity contribution is 7.89. The normalized spacial score (nSPS) is 19.6. The molecular weight excluding hydrogens is 256 g/mol. The minimum Gasteiger partial charge on any atom is -0.328 e. The lowest BCUT2D eigenvalue weighted by Gasteiger charge is -2.29. The van der Waals surface area contributed by atoms with Crippen molar-refractivity contribution in [3.63, 3.8) is 0 Å². The van der Waals surface area contributed by atoms with Crippen LogP contribution in [0.4, 0.5) is 0 Å². The number of thiophene rings is 1. The molecule has 2 rings (SSSR count). The summed E-state index contributed by atoms with van der Waals surface area (Å²) in [7, 11) is -3.10. The molecule has 96 valence electrons. The van der Waals surface area contributed by atoms with E-state index < -0.39 is 10.0 Å². The number of hydrogen-bond acceptors (Lipinski definition) is 4. The van der Waals surface area contributed by atoms with Gasteiger partial charge in [0, 0.05) is 24.0 Å². The molecule has 17 heavy (non-hydrogen) atoms. The molecule has 6 heteroatoms. The highest BCUT2D eigenvalue weighted by atomic mass is 32.2. The third-order valence-corrected chi connectivity index (χ3v) is 5.89. The second-order valence-corrected chi connectivity index (χ2v) is 7.50. The lowest BCUT2D eigenvalue weighted by molar-refractivity contribution is 0.320. The molecule has 0 aliphatic carbocycles. The molecule has 0 radical (unpaired) electrons. The molecule has 4 nitrogen and oxygen atoms in total. The Morgan fingerprint density at radius 2 is 2.12 bits per heavy atom. The Balaban J connectivity index is 1.90. The van der Waals surface area contributed by atoms with E-state index in [1.807, 2.05) is 17.5 Å². The van der Waals surface area contributed by atoms with Crippen molar-refractivity contribution >= 4 is 21.4 Å². The number of piperidine rings is 1. The monoisotopic (exact) mass is 274 g/mol. The zero-order chi connectivity index (χ0) is 12.3. The van der Waals surface area contributed by atoms with E-state index in [4.69, 9.17) is 5.73 Å². The average molecular weight is 274 g/mol. The topological polar surface area (TPSA) is 63.4 Å². The number of rotatable bonds is 4. The summed E-state index contributed by atoms with van der Waals surface area (Å²) in [5.74, 6) is 0.211. The van der Waals surface area contributed by atoms with Crippen molar-refractivity contribution in [1.82, 2.24) is 4.31 Å². The number of aryl methyl sites for hydroxylation is 1. The van der Waals surface area contributed by atoms with Crippen LogP contribution in [-0.2, 0) is 16.4 Å². The molecular formula is C11H18N2O2S2. The van der Waals surface area contributed by atoms with Crippen molar-refractivity contribution < 1.29 is 8.42 Å². The van der Waals surface area contributed by atoms with Crippen LogP contribution in [0.5, 0.6) is 0 Å². The molecule has 1 aliphatic rings. The molecule has 1 aromatic rings. The number of sulfonamides is 1. The van der Waals surface area contributed by atoms with Gasteiger partial charge in [-0.25, -0.2) is 12.7 Å². The summed E-state index contributed by atoms with van der Waals surface area (Å²) in [6, 6.07) is 4.09. The SMILES string of the molecule is NC1CCN(S(=O)(=O)CCc2cccs2)CC1. The molecule has 1 aromatic heterocycles. The van der Waals surface area contributed by atoms with Gasteiger partial charge in [-0.05, 0) is 30.7 Å². The Hall–Kier alpha value is -0.430. The van der Waals surface area contributed by atoms with Gasteiger partial charge in [0.05, 0.1) is 5.75 Å². The zero-order valence-electron chi connectivity index (χ0n) is 9.71. The van der Waals surface area contributed by atoms with Gasteiger partial charge in [0.1, 0.15) is 0 Å². The summed E-state index contributed by atoms with van der Waals surface area (Å²) in [5.41, 5.74) is 5.77. The van der Waals surface area contributed by atoms with Crippen molar-refractivity contribution in [2.75, 3.05) is 18.8 Å². The summed E-state index contributed by atoms with van der Waals surface area (Å²) in [6.45, 7) is 1.15. The molecule has 0 bridgehead atoms. The van der Waals surface area contributed by atoms with Gasteiger partial charge < -0.3 is 5.73 Å². The van der Waals surface area contributed by atoms with E-state index in [1.165, 1.54) is 0 Å². The molecule has 0 unspecified atom stereocenters. The standard InChI is InChI=1S/C11H18N2O2S2/c12-10-3-6-13(7-4-10)17(14,15)9-5-11-2-1-8-16-11/h1-2,8,10H,3-7,9,12H2. The first kappa shape index (κ1) is 13.0. The summed E-state index contributed by atoms with van der Waals surface area (Å²) < 4.78 is 25.7. The fraction of sp³-hybridized carbons (Fsp3) is 0.636. The lowest BCUT2D eigenvalue weighted by Crippen LogP contribution is -2.43. The van der Waals surface area contributed by atoms with Crippen LogP contribution in [0.3, 0.4) is 0 Å². The molecule has 0 atom stereocenters. The average Bonchev–Trinajstić information content (AvgIpc) is 2.80. The molecule has 2 N–H and O–H groups in total. The van der Waals surface area contributed by atoms with Crippen molar-refractivity contribution in [3.8, 4) is 0 Å². The largest absolute Gasteiger partial charge is 0.328 e. The van der Waals surface area contributed by atoms with E-state index in [2.05, 4.69) is 0 Å². The number of nitrogens with zero attached hydrogens (tertiary/aromatic N) is 1. The van der Waals surface area contributed by atoms with Crippen LogP contribution in [0.15, 0.2) is 17.5 Å². The predicted octanol–water partition coefficient (Wildman–Crippen LogP) is 1.04. The highest BCUT2D eigenvalue weighted by Crippen LogP contribution is 2.16. The van der Waals surface area contributed by atoms with E-state index in [0.29, 0.717) is 19.5 Å². The Bertz CT molecular complexity index is 434. The first-order valence-corrected chi connectivity index (χ1v) is 8.32. The van der Waals surface area contributed by atoms with Gasteiger partial charge >= 0.3 is 0 Å². The van der Waals surface area contributed by atoms with Gasteiger partial charge in [-0.15, -0.1) is 11.3 Å². The van der Waals surface area contributed by atoms with Crippen molar-refractivity contribution in [1.29, 1.82) is 0 Å². The van der Waals surface area contributed by atoms with E-state index in [-0.39, 0.29) is 11.8 Å². The first-order chi connectivity index (χ1) is 8.08. The van der Waals surface area contributed by atoms with Gasteiger partial charge in [-0.2, -0.15) is 0 Å². The van der Waals surface area contributed by atoms with Crippen LogP contribution in [0, 0.1) is 0 Å². The van der Waals surface area contributed by atoms with Crippen LogP contribution in [0.25, 0.3) is 0 Å². The molecule has 2 heterocycles. The second kappa shape index (κ2) is 5.48. The molecule has 0 aromatic carbocycles. The van der Waals surface area contributed by atoms with Crippen LogP contribution in [-0.4, -0.2) is 37.6 Å². The van der Waals surface area contributed by atoms with Gasteiger partial charge in [0.2, 0.25) is 10.0 Å². The third kappa shape index (κ3) is 3.51. The number of hydrogen-bond donors (Lipinski definition) is 1. The molecule has 0 amide bonds. The van der Waals surface area contributed by atoms with Crippen molar-refractivity contribution in [2.45, 2.75) is 25.3 Å². The molecule has 1 aliphatic heterocycles. The molecule has 0 saturated carbocycles. The fourth-order valence-corrected chi connectivity index (χ4v) is 4.31. The van der Waals surface area contributed by atoms with Gasteiger partial charge in [0.25, 0.3) is 0 Å². The van der Waals surface area contributed by atoms with Gasteiger partial charge in [-0.3, -0.25) is 0 Å². The fourth-order valence-electron chi connectivity index (χ4n) is 1.97. The second-order valence-electron chi connectivity index (χ2n) is 4.38. The summed E-state index contributed by atoms with van der Waals surface area (Å²) in [4.78, 5) is 1.13. The maximum atomic E-state index is 12.1. The Kier molecular flexibility index (Phi) is 4.19. The Morgan fingerprint density at radius 1 is 1.41 bits per heavy atom. The van der Waals surface area contributed by atoms with Crippen LogP contribution in [0.1, 0.15) is 17.7 Å². The summed E-state index contributed by atoms with van der Waals surface area (Å²) in [5, 5.41) is 1.97. The van der Waals surface area contributed by atoms with Gasteiger partial charge in [0.15, 0.2) is 0 Å². The maximum absolute atomic E-state index is 12.1. The van der Waals surface area contributed by atoms with E-state index >= 15 is 0 Å². The predicted molar refractivity (Wildman–Crippen MR) is 70.6 cm³/mol. The highest BCUT2D eigenvalue weighted by Gasteiger charge is 2.26. The zero-order valence-corrected chi connectivity index (χ0v) is 11.3. The summed E-state index contributed by atoms with van der Waals surface area (Å²) >= 11 is 1.61. The minimum absolute atomic E-state index is 0.166. The van der Waals surface area contributed by atoms with Crippen molar-refractivity contribution in [2.24, 2.45) is 5.73 Å². The van der Waals surface area contributed by atoms with E-state index in [1.54, 1.807) is 15.6 Å². The maximum Gasteiger partial charge on any atom is 0.214 e. The van der Waals surface area contributed by atoms with Crippen LogP contribution >= 0.6 is 11.3 Å². The van der Waals surface area contributed by atoms with Crippen LogP contribution < -0.4 is 5.73 Å². The molecule has 0 spiro atoms. The smallest absolute Gasteiger partial charge is 0.214 e. The molecule has 1 saturated heterocycles. The number of nitrogens with two attached hydrogens (primary N) is 1. The third-order valence-electron chi connectivity index (χ3n) is 3.08.